The molecular formula is C52H78Cl2N8O10S. The fraction of sp³-hybridized carbons (Fsp3) is 0.673. The van der Waals surface area contributed by atoms with E-state index in [4.69, 9.17) is 52.6 Å². The summed E-state index contributed by atoms with van der Waals surface area (Å²) in [4.78, 5) is 73.6. The van der Waals surface area contributed by atoms with Crippen molar-refractivity contribution < 1.29 is 48.0 Å². The van der Waals surface area contributed by atoms with Gasteiger partial charge in [-0.25, -0.2) is 14.8 Å². The number of carbonyl (C=O) groups is 4. The van der Waals surface area contributed by atoms with Crippen LogP contribution in [0.5, 0.6) is 0 Å². The monoisotopic (exact) mass is 1080 g/mol. The van der Waals surface area contributed by atoms with Gasteiger partial charge in [0.05, 0.1) is 50.9 Å². The standard InChI is InChI=1S/C46H63Cl2N7O10S.C6H15N/c1-12-31-46(8)32(38(43(60)65-46)66-14-13-55-21-52-34-35(55)27(18-51-40(34)49)41(58)53-33-28(47)19-50-20-29(33)48)26(6)36(56)24(4)17-45(7,61-11)39(22(2)15-23(3)42(59)63-31)64-44-37(57)30(54(9)10)16-25(5)62-44;1-5-6(2)7(3)4/h15,18-22,24-26,30-32,37-39,44,57H,12-14,16-17H2,1-11H3,(H2,49,51)(H,50,53,58);6H,5H2,1-4H3/b23-15-;/t22-,24+,25?,26?,30?,31+,32?,37+,38?,39+,44-,45?,46+;/m0./s1. The molecule has 0 radical (unpaired) electrons. The lowest BCUT2D eigenvalue weighted by Crippen LogP contribution is -2.58. The van der Waals surface area contributed by atoms with E-state index in [1.165, 1.54) is 43.1 Å². The number of hydrogen-bond donors (Lipinski definition) is 3. The van der Waals surface area contributed by atoms with E-state index >= 15 is 0 Å². The Kier molecular flexibility index (Phi) is 20.8. The van der Waals surface area contributed by atoms with Crippen molar-refractivity contribution in [1.29, 1.82) is 0 Å². The number of nitrogen functional groups attached to an aromatic ring is 1. The molecule has 18 nitrogen and oxygen atoms in total. The number of pyridine rings is 2. The van der Waals surface area contributed by atoms with Crippen LogP contribution in [0.1, 0.15) is 105 Å². The highest BCUT2D eigenvalue weighted by molar-refractivity contribution is 8.00. The molecule has 0 aromatic carbocycles. The zero-order valence-electron chi connectivity index (χ0n) is 45.1. The number of cyclic esters (lactones) is 1. The van der Waals surface area contributed by atoms with Gasteiger partial charge in [-0.05, 0) is 88.5 Å². The van der Waals surface area contributed by atoms with Crippen LogP contribution >= 0.6 is 35.0 Å². The Labute approximate surface area is 445 Å². The number of ketones is 1. The van der Waals surface area contributed by atoms with Crippen molar-refractivity contribution >= 4 is 81.1 Å². The number of ether oxygens (including phenoxy) is 5. The van der Waals surface area contributed by atoms with E-state index in [1.54, 1.807) is 38.5 Å². The molecule has 0 bridgehead atoms. The molecule has 21 heteroatoms. The van der Waals surface area contributed by atoms with Crippen LogP contribution in [0.25, 0.3) is 11.0 Å². The van der Waals surface area contributed by atoms with Crippen LogP contribution < -0.4 is 11.1 Å². The molecular weight excluding hydrogens is 1000 g/mol. The molecule has 3 aromatic rings. The number of anilines is 2. The van der Waals surface area contributed by atoms with Gasteiger partial charge in [-0.3, -0.25) is 19.4 Å². The number of nitrogens with one attached hydrogen (secondary N) is 1. The smallest absolute Gasteiger partial charge is 0.333 e. The third-order valence-corrected chi connectivity index (χ3v) is 16.9. The zero-order chi connectivity index (χ0) is 54.4. The van der Waals surface area contributed by atoms with E-state index in [9.17, 15) is 24.3 Å². The lowest BCUT2D eigenvalue weighted by molar-refractivity contribution is -0.294. The number of Topliss-reactive ketones (excluding diaryl/α,β-unsaturated/α-hetero) is 1. The second-order valence-corrected chi connectivity index (χ2v) is 22.8. The minimum Gasteiger partial charge on any atom is -0.455 e. The summed E-state index contributed by atoms with van der Waals surface area (Å²) in [5.41, 5.74) is 5.00. The largest absolute Gasteiger partial charge is 0.455 e. The summed E-state index contributed by atoms with van der Waals surface area (Å²) >= 11 is 13.9. The zero-order valence-corrected chi connectivity index (χ0v) is 47.4. The summed E-state index contributed by atoms with van der Waals surface area (Å²) in [6, 6.07) is 0.495. The number of hydrogen-bond acceptors (Lipinski definition) is 17. The number of thioether (sulfide) groups is 1. The second kappa shape index (κ2) is 25.3. The highest BCUT2D eigenvalue weighted by atomic mass is 35.5. The van der Waals surface area contributed by atoms with Crippen LogP contribution in [-0.2, 0) is 44.6 Å². The number of imidazole rings is 1. The van der Waals surface area contributed by atoms with E-state index < -0.39 is 82.6 Å². The Bertz CT molecular complexity index is 2440. The van der Waals surface area contributed by atoms with Crippen LogP contribution in [0.4, 0.5) is 11.5 Å². The van der Waals surface area contributed by atoms with Crippen molar-refractivity contribution in [2.75, 3.05) is 52.1 Å². The first-order valence-electron chi connectivity index (χ1n) is 25.1. The average molecular weight is 1080 g/mol. The number of halogens is 2. The molecule has 7 unspecified atom stereocenters. The Morgan fingerprint density at radius 3 is 2.30 bits per heavy atom. The SMILES string of the molecule is CCC(C)N(C)C.CC[C@H]1OC(=O)/C(C)=C\[C@H](C)[C@@H](O[C@@H]2OC(C)CC(N(C)C)[C@H]2O)C(C)(OC)C[C@@H](C)C(=O)C(C)C2C(SCCn3cnc4c(N)ncc(C(=O)Nc5c(Cl)cncc5Cl)c43)C(=O)O[C@@]21C. The molecule has 73 heavy (non-hydrogen) atoms. The number of likely N-dealkylation sites (N-methyl/N-ethyl adjacent to an activating group) is 1. The number of aryl methyl sites for hydroxylation is 1. The number of rotatable bonds is 13. The highest BCUT2D eigenvalue weighted by Crippen LogP contribution is 2.49. The summed E-state index contributed by atoms with van der Waals surface area (Å²) in [5, 5.41) is 13.7. The predicted octanol–water partition coefficient (Wildman–Crippen LogP) is 7.71. The fourth-order valence-corrected chi connectivity index (χ4v) is 12.4. The summed E-state index contributed by atoms with van der Waals surface area (Å²) in [5.74, 6) is -4.08. The molecule has 2 saturated heterocycles. The van der Waals surface area contributed by atoms with Crippen LogP contribution in [0, 0.1) is 23.7 Å². The normalized spacial score (nSPS) is 32.5. The molecule has 2 fully saturated rings. The molecule has 3 aliphatic heterocycles. The number of amides is 1. The van der Waals surface area contributed by atoms with E-state index in [0.29, 0.717) is 28.8 Å². The first-order chi connectivity index (χ1) is 34.2. The summed E-state index contributed by atoms with van der Waals surface area (Å²) in [6.45, 7) is 19.2. The molecule has 0 saturated carbocycles. The number of aliphatic hydroxyl groups is 1. The van der Waals surface area contributed by atoms with Crippen molar-refractivity contribution in [2.24, 2.45) is 23.7 Å². The minimum atomic E-state index is -1.39. The third-order valence-electron chi connectivity index (χ3n) is 15.0. The van der Waals surface area contributed by atoms with Crippen LogP contribution in [-0.4, -0.2) is 158 Å². The second-order valence-electron chi connectivity index (χ2n) is 20.7. The Hall–Kier alpha value is -3.92. The molecule has 6 rings (SSSR count). The topological polar surface area (TPSA) is 223 Å². The van der Waals surface area contributed by atoms with Crippen molar-refractivity contribution in [3.8, 4) is 0 Å². The maximum absolute atomic E-state index is 14.9. The molecule has 0 aliphatic carbocycles. The number of esters is 2. The average Bonchev–Trinajstić information content (AvgIpc) is 3.88. The van der Waals surface area contributed by atoms with E-state index in [-0.39, 0.29) is 64.4 Å². The van der Waals surface area contributed by atoms with Crippen molar-refractivity contribution in [1.82, 2.24) is 29.3 Å². The number of carbonyl (C=O) groups excluding carboxylic acids is 4. The first kappa shape index (κ1) is 60.0. The number of aliphatic hydroxyl groups excluding tert-OH is 1. The van der Waals surface area contributed by atoms with E-state index in [1.807, 2.05) is 53.6 Å². The summed E-state index contributed by atoms with van der Waals surface area (Å²) in [7, 11) is 9.55. The lowest BCUT2D eigenvalue weighted by atomic mass is 9.70. The third kappa shape index (κ3) is 13.4. The van der Waals surface area contributed by atoms with Gasteiger partial charge in [0.15, 0.2) is 17.7 Å². The van der Waals surface area contributed by atoms with Crippen molar-refractivity contribution in [2.45, 2.75) is 161 Å². The number of nitrogens with zero attached hydrogens (tertiary/aromatic N) is 6. The van der Waals surface area contributed by atoms with Gasteiger partial charge >= 0.3 is 11.9 Å². The van der Waals surface area contributed by atoms with Gasteiger partial charge in [0.25, 0.3) is 5.91 Å². The van der Waals surface area contributed by atoms with Crippen molar-refractivity contribution in [3.63, 3.8) is 0 Å². The first-order valence-corrected chi connectivity index (χ1v) is 26.9. The van der Waals surface area contributed by atoms with Gasteiger partial charge < -0.3 is 54.2 Å². The van der Waals surface area contributed by atoms with Gasteiger partial charge in [-0.1, -0.05) is 63.9 Å². The molecule has 0 spiro atoms. The number of aromatic nitrogens is 4. The molecule has 6 heterocycles. The molecule has 3 aliphatic rings. The summed E-state index contributed by atoms with van der Waals surface area (Å²) < 4.78 is 33.5. The van der Waals surface area contributed by atoms with Crippen LogP contribution in [0.3, 0.4) is 0 Å². The van der Waals surface area contributed by atoms with E-state index in [2.05, 4.69) is 53.1 Å². The predicted molar refractivity (Wildman–Crippen MR) is 286 cm³/mol. The van der Waals surface area contributed by atoms with Gasteiger partial charge in [-0.2, -0.15) is 0 Å². The van der Waals surface area contributed by atoms with E-state index in [0.717, 1.165) is 6.04 Å². The molecule has 14 atom stereocenters. The maximum Gasteiger partial charge on any atom is 0.333 e. The van der Waals surface area contributed by atoms with Gasteiger partial charge in [0.1, 0.15) is 28.8 Å². The van der Waals surface area contributed by atoms with Gasteiger partial charge in [0.2, 0.25) is 0 Å². The highest BCUT2D eigenvalue weighted by Gasteiger charge is 2.61. The molecule has 4 N–H and O–H groups in total. The minimum absolute atomic E-state index is 0.110. The molecule has 3 aromatic heterocycles. The van der Waals surface area contributed by atoms with Crippen LogP contribution in [0.2, 0.25) is 10.0 Å². The van der Waals surface area contributed by atoms with Gasteiger partial charge in [-0.15, -0.1) is 11.8 Å². The van der Waals surface area contributed by atoms with Crippen molar-refractivity contribution in [3.05, 3.63) is 52.2 Å². The number of nitrogens with two attached hydrogens (primary N) is 1. The number of methoxy groups -OCH3 is 1. The van der Waals surface area contributed by atoms with Crippen LogP contribution in [0.15, 0.2) is 36.6 Å². The number of fused-ring (bicyclic) bond motifs is 2. The summed E-state index contributed by atoms with van der Waals surface area (Å²) in [6.07, 6.45) is 5.70. The Morgan fingerprint density at radius 2 is 1.73 bits per heavy atom. The fourth-order valence-electron chi connectivity index (χ4n) is 10.5. The quantitative estimate of drug-likeness (QED) is 0.139. The molecule has 406 valence electrons. The van der Waals surface area contributed by atoms with Gasteiger partial charge in [0, 0.05) is 79.3 Å². The Balaban J connectivity index is 0.00000131. The Morgan fingerprint density at radius 1 is 1.07 bits per heavy atom. The molecule has 1 amide bonds. The maximum atomic E-state index is 14.9. The lowest BCUT2D eigenvalue weighted by Gasteiger charge is -2.46.